The Labute approximate surface area is 170 Å². The molecule has 29 heavy (non-hydrogen) atoms. The molecule has 5 heteroatoms. The van der Waals surface area contributed by atoms with Crippen LogP contribution in [0.1, 0.15) is 25.0 Å². The second-order valence-corrected chi connectivity index (χ2v) is 7.89. The number of allylic oxidation sites excluding steroid dienone is 1. The predicted molar refractivity (Wildman–Crippen MR) is 114 cm³/mol. The molecule has 1 aliphatic rings. The number of para-hydroxylation sites is 2. The van der Waals surface area contributed by atoms with Crippen molar-refractivity contribution in [2.24, 2.45) is 0 Å². The Kier molecular flexibility index (Phi) is 4.74. The number of likely N-dealkylation sites (N-methyl/N-ethyl adjacent to an activating group) is 1. The Morgan fingerprint density at radius 2 is 1.83 bits per heavy atom. The molecule has 0 amide bonds. The topological polar surface area (TPSA) is 62.4 Å². The third-order valence-electron chi connectivity index (χ3n) is 5.62. The summed E-state index contributed by atoms with van der Waals surface area (Å²) in [5, 5.41) is 0.991. The Hall–Kier alpha value is -3.34. The van der Waals surface area contributed by atoms with Gasteiger partial charge in [-0.25, -0.2) is 0 Å². The summed E-state index contributed by atoms with van der Waals surface area (Å²) >= 11 is 0. The number of aromatic nitrogens is 1. The summed E-state index contributed by atoms with van der Waals surface area (Å²) in [7, 11) is 1.95. The number of H-pyrrole nitrogens is 1. The molecule has 0 atom stereocenters. The number of nitrogens with one attached hydrogen (secondary N) is 1. The van der Waals surface area contributed by atoms with Gasteiger partial charge in [-0.2, -0.15) is 0 Å². The molecule has 2 aromatic carbocycles. The van der Waals surface area contributed by atoms with Crippen LogP contribution in [0.25, 0.3) is 10.9 Å². The van der Waals surface area contributed by atoms with Crippen LogP contribution in [-0.2, 0) is 26.2 Å². The van der Waals surface area contributed by atoms with Gasteiger partial charge >= 0.3 is 5.97 Å². The number of rotatable bonds is 5. The lowest BCUT2D eigenvalue weighted by Crippen LogP contribution is -2.25. The molecule has 1 aliphatic heterocycles. The first-order valence-corrected chi connectivity index (χ1v) is 9.67. The van der Waals surface area contributed by atoms with Crippen LogP contribution in [0.3, 0.4) is 0 Å². The van der Waals surface area contributed by atoms with Gasteiger partial charge in [-0.15, -0.1) is 0 Å². The number of fused-ring (bicyclic) bond motifs is 2. The summed E-state index contributed by atoms with van der Waals surface area (Å²) in [5.74, 6) is -0.635. The number of esters is 1. The minimum Gasteiger partial charge on any atom is -0.457 e. The zero-order valence-electron chi connectivity index (χ0n) is 16.9. The lowest BCUT2D eigenvalue weighted by atomic mass is 9.83. The van der Waals surface area contributed by atoms with Gasteiger partial charge in [0.25, 0.3) is 0 Å². The maximum Gasteiger partial charge on any atom is 0.310 e. The molecule has 0 spiro atoms. The Morgan fingerprint density at radius 3 is 2.62 bits per heavy atom. The van der Waals surface area contributed by atoms with Crippen LogP contribution in [0.4, 0.5) is 5.69 Å². The minimum absolute atomic E-state index is 0.130. The van der Waals surface area contributed by atoms with Crippen LogP contribution in [0.2, 0.25) is 0 Å². The maximum atomic E-state index is 12.5. The van der Waals surface area contributed by atoms with E-state index in [1.165, 1.54) is 5.56 Å². The van der Waals surface area contributed by atoms with Gasteiger partial charge in [0.2, 0.25) is 0 Å². The number of carbonyl (C=O) groups excluding carboxylic acids is 2. The highest BCUT2D eigenvalue weighted by molar-refractivity contribution is 5.95. The summed E-state index contributed by atoms with van der Waals surface area (Å²) in [6.07, 6.45) is 3.53. The van der Waals surface area contributed by atoms with E-state index in [0.29, 0.717) is 0 Å². The molecule has 0 saturated carbocycles. The van der Waals surface area contributed by atoms with Crippen LogP contribution in [0, 0.1) is 0 Å². The van der Waals surface area contributed by atoms with Gasteiger partial charge in [0.05, 0.1) is 6.42 Å². The Morgan fingerprint density at radius 1 is 1.10 bits per heavy atom. The fraction of sp³-hybridized carbons (Fsp3) is 0.250. The quantitative estimate of drug-likeness (QED) is 0.527. The van der Waals surface area contributed by atoms with E-state index < -0.39 is 5.97 Å². The van der Waals surface area contributed by atoms with E-state index in [9.17, 15) is 9.59 Å². The third-order valence-corrected chi connectivity index (χ3v) is 5.62. The summed E-state index contributed by atoms with van der Waals surface area (Å²) < 4.78 is 5.25. The molecule has 148 valence electrons. The lowest BCUT2D eigenvalue weighted by molar-refractivity contribution is -0.146. The molecule has 0 radical (unpaired) electrons. The SMILES string of the molecule is CN1C(=CC(=O)COC(=O)Cc2c[nH]c3ccccc23)C(C)(C)c2ccccc21. The Balaban J connectivity index is 1.42. The molecule has 0 unspecified atom stereocenters. The lowest BCUT2D eigenvalue weighted by Gasteiger charge is -2.23. The van der Waals surface area contributed by atoms with E-state index in [-0.39, 0.29) is 24.2 Å². The molecular formula is C24H24N2O3. The zero-order chi connectivity index (χ0) is 20.6. The largest absolute Gasteiger partial charge is 0.457 e. The van der Waals surface area contributed by atoms with E-state index >= 15 is 0 Å². The number of benzene rings is 2. The van der Waals surface area contributed by atoms with Gasteiger partial charge in [-0.1, -0.05) is 50.2 Å². The third kappa shape index (κ3) is 3.44. The normalized spacial score (nSPS) is 16.2. The molecule has 0 fully saturated rings. The summed E-state index contributed by atoms with van der Waals surface area (Å²) in [4.78, 5) is 29.9. The van der Waals surface area contributed by atoms with E-state index in [4.69, 9.17) is 4.74 Å². The van der Waals surface area contributed by atoms with E-state index in [2.05, 4.69) is 24.9 Å². The highest BCUT2D eigenvalue weighted by Gasteiger charge is 2.38. The van der Waals surface area contributed by atoms with Gasteiger partial charge < -0.3 is 14.6 Å². The molecule has 5 nitrogen and oxygen atoms in total. The predicted octanol–water partition coefficient (Wildman–Crippen LogP) is 4.13. The fourth-order valence-electron chi connectivity index (χ4n) is 4.09. The first-order chi connectivity index (χ1) is 13.9. The average molecular weight is 388 g/mol. The smallest absolute Gasteiger partial charge is 0.310 e. The van der Waals surface area contributed by atoms with Crippen molar-refractivity contribution in [2.75, 3.05) is 18.6 Å². The molecule has 2 heterocycles. The van der Waals surface area contributed by atoms with Crippen molar-refractivity contribution in [2.45, 2.75) is 25.7 Å². The first kappa shape index (κ1) is 19.0. The molecule has 0 saturated heterocycles. The van der Waals surface area contributed by atoms with Gasteiger partial charge in [0, 0.05) is 47.0 Å². The van der Waals surface area contributed by atoms with E-state index in [1.54, 1.807) is 6.08 Å². The number of hydrogen-bond acceptors (Lipinski definition) is 4. The molecule has 4 rings (SSSR count). The monoisotopic (exact) mass is 388 g/mol. The van der Waals surface area contributed by atoms with Crippen molar-refractivity contribution in [1.82, 2.24) is 4.98 Å². The highest BCUT2D eigenvalue weighted by atomic mass is 16.5. The Bertz CT molecular complexity index is 1120. The highest BCUT2D eigenvalue weighted by Crippen LogP contribution is 2.46. The van der Waals surface area contributed by atoms with E-state index in [0.717, 1.165) is 27.9 Å². The zero-order valence-corrected chi connectivity index (χ0v) is 16.9. The maximum absolute atomic E-state index is 12.5. The second-order valence-electron chi connectivity index (χ2n) is 7.89. The number of carbonyl (C=O) groups is 2. The molecule has 0 aliphatic carbocycles. The van der Waals surface area contributed by atoms with Crippen LogP contribution >= 0.6 is 0 Å². The van der Waals surface area contributed by atoms with E-state index in [1.807, 2.05) is 60.6 Å². The molecule has 1 N–H and O–H groups in total. The van der Waals surface area contributed by atoms with Gasteiger partial charge in [-0.3, -0.25) is 9.59 Å². The van der Waals surface area contributed by atoms with Gasteiger partial charge in [0.1, 0.15) is 0 Å². The standard InChI is InChI=1S/C24H24N2O3/c1-24(2)19-9-5-7-11-21(19)26(3)22(24)13-17(27)15-29-23(28)12-16-14-25-20-10-6-4-8-18(16)20/h4-11,13-14,25H,12,15H2,1-3H3. The second kappa shape index (κ2) is 7.24. The van der Waals surface area contributed by atoms with Crippen molar-refractivity contribution in [3.05, 3.63) is 77.6 Å². The first-order valence-electron chi connectivity index (χ1n) is 9.67. The number of ketones is 1. The number of nitrogens with zero attached hydrogens (tertiary/aromatic N) is 1. The van der Waals surface area contributed by atoms with Crippen molar-refractivity contribution < 1.29 is 14.3 Å². The van der Waals surface area contributed by atoms with Crippen molar-refractivity contribution in [3.8, 4) is 0 Å². The molecule has 0 bridgehead atoms. The van der Waals surface area contributed by atoms with Crippen LogP contribution in [0.5, 0.6) is 0 Å². The van der Waals surface area contributed by atoms with Crippen molar-refractivity contribution >= 4 is 28.3 Å². The summed E-state index contributed by atoms with van der Waals surface area (Å²) in [5.41, 5.74) is 4.72. The van der Waals surface area contributed by atoms with Gasteiger partial charge in [0.15, 0.2) is 12.4 Å². The molecule has 3 aromatic rings. The van der Waals surface area contributed by atoms with Crippen LogP contribution < -0.4 is 4.90 Å². The minimum atomic E-state index is -0.413. The number of aromatic amines is 1. The molecular weight excluding hydrogens is 364 g/mol. The summed E-state index contributed by atoms with van der Waals surface area (Å²) in [6, 6.07) is 15.9. The number of hydrogen-bond donors (Lipinski definition) is 1. The number of ether oxygens (including phenoxy) is 1. The molecule has 1 aromatic heterocycles. The van der Waals surface area contributed by atoms with Crippen molar-refractivity contribution in [1.29, 1.82) is 0 Å². The van der Waals surface area contributed by atoms with Crippen LogP contribution in [0.15, 0.2) is 66.5 Å². The summed E-state index contributed by atoms with van der Waals surface area (Å²) in [6.45, 7) is 3.93. The fourth-order valence-corrected chi connectivity index (χ4v) is 4.09. The van der Waals surface area contributed by atoms with Gasteiger partial charge in [-0.05, 0) is 23.3 Å². The average Bonchev–Trinajstić information content (AvgIpc) is 3.20. The van der Waals surface area contributed by atoms with Crippen LogP contribution in [-0.4, -0.2) is 30.4 Å². The van der Waals surface area contributed by atoms with Crippen molar-refractivity contribution in [3.63, 3.8) is 0 Å². The number of anilines is 1.